The number of hydrogen-bond acceptors (Lipinski definition) is 7. The molecule has 0 aliphatic carbocycles. The number of carbonyl (C=O) groups is 2. The highest BCUT2D eigenvalue weighted by atomic mass is 32.1. The van der Waals surface area contributed by atoms with Crippen molar-refractivity contribution < 1.29 is 18.7 Å². The van der Waals surface area contributed by atoms with Crippen LogP contribution in [0.3, 0.4) is 0 Å². The number of hydrogen-bond donors (Lipinski definition) is 1. The van der Waals surface area contributed by atoms with Crippen LogP contribution in [-0.4, -0.2) is 33.8 Å². The maximum atomic E-state index is 12.3. The number of methoxy groups -OCH3 is 1. The maximum absolute atomic E-state index is 12.3. The van der Waals surface area contributed by atoms with Crippen molar-refractivity contribution >= 4 is 28.9 Å². The second kappa shape index (κ2) is 6.89. The summed E-state index contributed by atoms with van der Waals surface area (Å²) in [5.41, 5.74) is 1.27. The van der Waals surface area contributed by atoms with E-state index in [2.05, 4.69) is 20.1 Å². The fourth-order valence-corrected chi connectivity index (χ4v) is 3.09. The average Bonchev–Trinajstić information content (AvgIpc) is 3.28. The molecule has 0 fully saturated rings. The molecular formula is C16H16N4O4S. The van der Waals surface area contributed by atoms with Gasteiger partial charge in [0.15, 0.2) is 0 Å². The van der Waals surface area contributed by atoms with Gasteiger partial charge in [0, 0.05) is 6.20 Å². The Morgan fingerprint density at radius 1 is 1.36 bits per heavy atom. The van der Waals surface area contributed by atoms with Crippen LogP contribution in [0.15, 0.2) is 28.9 Å². The molecular weight excluding hydrogens is 344 g/mol. The number of aryl methyl sites for hydroxylation is 2. The standard InChI is InChI=1S/C16H16N4O4S/c1-9-14(25-10(2)18-9)15(21)19-11-6-17-20(7-11)8-12-4-5-13(24-12)16(22)23-3/h4-7H,8H2,1-3H3,(H,19,21). The van der Waals surface area contributed by atoms with Crippen molar-refractivity contribution in [3.63, 3.8) is 0 Å². The second-order valence-electron chi connectivity index (χ2n) is 5.29. The monoisotopic (exact) mass is 360 g/mol. The molecule has 0 atom stereocenters. The molecule has 0 aliphatic rings. The first kappa shape index (κ1) is 16.9. The summed E-state index contributed by atoms with van der Waals surface area (Å²) in [7, 11) is 1.29. The molecule has 0 saturated carbocycles. The van der Waals surface area contributed by atoms with Gasteiger partial charge in [0.25, 0.3) is 5.91 Å². The minimum Gasteiger partial charge on any atom is -0.463 e. The zero-order chi connectivity index (χ0) is 18.0. The summed E-state index contributed by atoms with van der Waals surface area (Å²) < 4.78 is 11.6. The molecule has 8 nitrogen and oxygen atoms in total. The fraction of sp³-hybridized carbons (Fsp3) is 0.250. The van der Waals surface area contributed by atoms with E-state index in [9.17, 15) is 9.59 Å². The Kier molecular flexibility index (Phi) is 4.66. The maximum Gasteiger partial charge on any atom is 0.373 e. The molecule has 3 aromatic rings. The normalized spacial score (nSPS) is 10.7. The summed E-state index contributed by atoms with van der Waals surface area (Å²) in [5, 5.41) is 7.81. The Morgan fingerprint density at radius 2 is 2.16 bits per heavy atom. The van der Waals surface area contributed by atoms with Gasteiger partial charge in [-0.05, 0) is 26.0 Å². The van der Waals surface area contributed by atoms with Gasteiger partial charge in [0.2, 0.25) is 5.76 Å². The quantitative estimate of drug-likeness (QED) is 0.702. The topological polar surface area (TPSA) is 99.2 Å². The molecule has 0 aromatic carbocycles. The number of ether oxygens (including phenoxy) is 1. The number of anilines is 1. The molecule has 25 heavy (non-hydrogen) atoms. The van der Waals surface area contributed by atoms with Gasteiger partial charge in [-0.2, -0.15) is 5.10 Å². The molecule has 3 heterocycles. The van der Waals surface area contributed by atoms with Crippen molar-refractivity contribution in [2.24, 2.45) is 0 Å². The minimum atomic E-state index is -0.533. The van der Waals surface area contributed by atoms with E-state index in [4.69, 9.17) is 4.42 Å². The molecule has 1 amide bonds. The molecule has 130 valence electrons. The predicted octanol–water partition coefficient (Wildman–Crippen LogP) is 2.64. The van der Waals surface area contributed by atoms with Crippen molar-refractivity contribution in [3.05, 3.63) is 51.6 Å². The van der Waals surface area contributed by atoms with Crippen LogP contribution in [0.25, 0.3) is 0 Å². The number of amides is 1. The lowest BCUT2D eigenvalue weighted by Gasteiger charge is -2.00. The van der Waals surface area contributed by atoms with Crippen LogP contribution in [0, 0.1) is 13.8 Å². The number of carbonyl (C=O) groups excluding carboxylic acids is 2. The van der Waals surface area contributed by atoms with Crippen molar-refractivity contribution in [1.82, 2.24) is 14.8 Å². The summed E-state index contributed by atoms with van der Waals surface area (Å²) >= 11 is 1.35. The number of thiazole rings is 1. The van der Waals surface area contributed by atoms with Crippen molar-refractivity contribution in [3.8, 4) is 0 Å². The summed E-state index contributed by atoms with van der Waals surface area (Å²) in [6, 6.07) is 3.22. The SMILES string of the molecule is COC(=O)c1ccc(Cn2cc(NC(=O)c3sc(C)nc3C)cn2)o1. The smallest absolute Gasteiger partial charge is 0.373 e. The number of esters is 1. The van der Waals surface area contributed by atoms with Crippen LogP contribution in [-0.2, 0) is 11.3 Å². The third kappa shape index (κ3) is 3.77. The molecule has 3 rings (SSSR count). The van der Waals surface area contributed by atoms with Crippen molar-refractivity contribution in [2.45, 2.75) is 20.4 Å². The highest BCUT2D eigenvalue weighted by Crippen LogP contribution is 2.19. The van der Waals surface area contributed by atoms with Crippen LogP contribution in [0.5, 0.6) is 0 Å². The van der Waals surface area contributed by atoms with Crippen molar-refractivity contribution in [2.75, 3.05) is 12.4 Å². The van der Waals surface area contributed by atoms with Crippen LogP contribution in [0.4, 0.5) is 5.69 Å². The van der Waals surface area contributed by atoms with Gasteiger partial charge >= 0.3 is 5.97 Å². The Morgan fingerprint density at radius 3 is 2.84 bits per heavy atom. The number of nitrogens with zero attached hydrogens (tertiary/aromatic N) is 3. The van der Waals surface area contributed by atoms with Crippen molar-refractivity contribution in [1.29, 1.82) is 0 Å². The van der Waals surface area contributed by atoms with Gasteiger partial charge in [-0.15, -0.1) is 11.3 Å². The van der Waals surface area contributed by atoms with E-state index in [1.54, 1.807) is 36.1 Å². The first-order valence-corrected chi connectivity index (χ1v) is 8.23. The lowest BCUT2D eigenvalue weighted by atomic mass is 10.3. The number of nitrogens with one attached hydrogen (secondary N) is 1. The highest BCUT2D eigenvalue weighted by molar-refractivity contribution is 7.13. The Bertz CT molecular complexity index is 924. The molecule has 0 saturated heterocycles. The third-order valence-electron chi connectivity index (χ3n) is 3.37. The molecule has 0 spiro atoms. The van der Waals surface area contributed by atoms with E-state index in [0.29, 0.717) is 28.6 Å². The molecule has 1 N–H and O–H groups in total. The van der Waals surface area contributed by atoms with E-state index in [1.807, 2.05) is 6.92 Å². The molecule has 0 aliphatic heterocycles. The third-order valence-corrected chi connectivity index (χ3v) is 4.44. The first-order chi connectivity index (χ1) is 12.0. The highest BCUT2D eigenvalue weighted by Gasteiger charge is 2.15. The van der Waals surface area contributed by atoms with Crippen LogP contribution < -0.4 is 5.32 Å². The van der Waals surface area contributed by atoms with Gasteiger partial charge in [-0.3, -0.25) is 9.48 Å². The zero-order valence-corrected chi connectivity index (χ0v) is 14.7. The second-order valence-corrected chi connectivity index (χ2v) is 6.49. The summed E-state index contributed by atoms with van der Waals surface area (Å²) in [6.45, 7) is 3.99. The molecule has 0 radical (unpaired) electrons. The number of rotatable bonds is 5. The lowest BCUT2D eigenvalue weighted by Crippen LogP contribution is -2.11. The van der Waals surface area contributed by atoms with E-state index < -0.39 is 5.97 Å². The van der Waals surface area contributed by atoms with E-state index in [1.165, 1.54) is 18.4 Å². The van der Waals surface area contributed by atoms with Crippen LogP contribution >= 0.6 is 11.3 Å². The van der Waals surface area contributed by atoms with Gasteiger partial charge in [0.05, 0.1) is 36.2 Å². The van der Waals surface area contributed by atoms with Gasteiger partial charge < -0.3 is 14.5 Å². The average molecular weight is 360 g/mol. The Labute approximate surface area is 147 Å². The van der Waals surface area contributed by atoms with Gasteiger partial charge in [-0.1, -0.05) is 0 Å². The molecule has 0 unspecified atom stereocenters. The molecule has 3 aromatic heterocycles. The summed E-state index contributed by atoms with van der Waals surface area (Å²) in [4.78, 5) is 28.5. The number of furan rings is 1. The summed E-state index contributed by atoms with van der Waals surface area (Å²) in [6.07, 6.45) is 3.23. The van der Waals surface area contributed by atoms with E-state index in [0.717, 1.165) is 5.01 Å². The van der Waals surface area contributed by atoms with Crippen LogP contribution in [0.1, 0.15) is 36.7 Å². The van der Waals surface area contributed by atoms with Gasteiger partial charge in [-0.25, -0.2) is 9.78 Å². The zero-order valence-electron chi connectivity index (χ0n) is 13.9. The van der Waals surface area contributed by atoms with E-state index >= 15 is 0 Å². The van der Waals surface area contributed by atoms with Crippen LogP contribution in [0.2, 0.25) is 0 Å². The van der Waals surface area contributed by atoms with E-state index in [-0.39, 0.29) is 11.7 Å². The Balaban J connectivity index is 1.66. The number of aromatic nitrogens is 3. The minimum absolute atomic E-state index is 0.134. The molecule has 9 heteroatoms. The lowest BCUT2D eigenvalue weighted by molar-refractivity contribution is 0.0562. The predicted molar refractivity (Wildman–Crippen MR) is 90.9 cm³/mol. The van der Waals surface area contributed by atoms with Gasteiger partial charge in [0.1, 0.15) is 10.6 Å². The molecule has 0 bridgehead atoms. The first-order valence-electron chi connectivity index (χ1n) is 7.41. The summed E-state index contributed by atoms with van der Waals surface area (Å²) in [5.74, 6) is -0.0620. The fourth-order valence-electron chi connectivity index (χ4n) is 2.28. The Hall–Kier alpha value is -2.94. The largest absolute Gasteiger partial charge is 0.463 e.